The number of carbonyl (C=O) groups is 2. The molecule has 0 spiro atoms. The highest BCUT2D eigenvalue weighted by Gasteiger charge is 2.09. The van der Waals surface area contributed by atoms with Crippen LogP contribution >= 0.6 is 0 Å². The van der Waals surface area contributed by atoms with E-state index in [4.69, 9.17) is 0 Å². The van der Waals surface area contributed by atoms with Gasteiger partial charge in [0.1, 0.15) is 5.82 Å². The molecule has 0 atom stereocenters. The fourth-order valence-corrected chi connectivity index (χ4v) is 3.73. The second-order valence-corrected chi connectivity index (χ2v) is 8.94. The number of likely N-dealkylation sites (N-methyl/N-ethyl adjacent to an activating group) is 1. The molecule has 7 nitrogen and oxygen atoms in total. The summed E-state index contributed by atoms with van der Waals surface area (Å²) in [6.45, 7) is 0.706. The van der Waals surface area contributed by atoms with Crippen molar-refractivity contribution in [2.75, 3.05) is 26.0 Å². The molecule has 0 unspecified atom stereocenters. The Kier molecular flexibility index (Phi) is 8.62. The molecule has 1 amide bonds. The largest absolute Gasteiger partial charge is 0.322 e. The average molecular weight is 492 g/mol. The molecule has 2 heterocycles. The van der Waals surface area contributed by atoms with Gasteiger partial charge in [0.15, 0.2) is 5.78 Å². The first-order chi connectivity index (χ1) is 18.0. The van der Waals surface area contributed by atoms with E-state index in [2.05, 4.69) is 20.3 Å². The number of pyridine rings is 1. The monoisotopic (exact) mass is 491 g/mol. The quantitative estimate of drug-likeness (QED) is 0.326. The summed E-state index contributed by atoms with van der Waals surface area (Å²) < 4.78 is 0. The molecule has 0 fully saturated rings. The minimum atomic E-state index is -0.224. The number of benzene rings is 2. The predicted octanol–water partition coefficient (Wildman–Crippen LogP) is 4.61. The van der Waals surface area contributed by atoms with Crippen LogP contribution in [-0.4, -0.2) is 52.2 Å². The average Bonchev–Trinajstić information content (AvgIpc) is 2.90. The summed E-state index contributed by atoms with van der Waals surface area (Å²) in [5.41, 5.74) is 4.80. The van der Waals surface area contributed by atoms with Crippen LogP contribution in [0, 0.1) is 0 Å². The third-order valence-corrected chi connectivity index (χ3v) is 5.58. The lowest BCUT2D eigenvalue weighted by Gasteiger charge is -2.08. The SMILES string of the molecule is CN(C)C/C=C/C(=O)Cc1cccc(C(=O)Nc2ccc(Cc3nccc(-c4cccnc4)n3)cc2)c1. The van der Waals surface area contributed by atoms with E-state index in [0.29, 0.717) is 30.0 Å². The predicted molar refractivity (Wildman–Crippen MR) is 145 cm³/mol. The molecule has 0 aliphatic heterocycles. The van der Waals surface area contributed by atoms with Crippen molar-refractivity contribution in [2.24, 2.45) is 0 Å². The molecule has 7 heteroatoms. The molecule has 1 N–H and O–H groups in total. The minimum absolute atomic E-state index is 0.00458. The summed E-state index contributed by atoms with van der Waals surface area (Å²) in [7, 11) is 3.89. The van der Waals surface area contributed by atoms with E-state index in [1.165, 1.54) is 0 Å². The standard InChI is InChI=1S/C30H29N5O2/c1-35(2)17-5-9-27(36)19-23-6-3-7-24(18-23)30(37)33-26-12-10-22(11-13-26)20-29-32-16-14-28(34-29)25-8-4-15-31-21-25/h3-16,18,21H,17,19-20H2,1-2H3,(H,33,37)/b9-5+. The number of nitrogens with zero attached hydrogens (tertiary/aromatic N) is 4. The molecule has 2 aromatic heterocycles. The van der Waals surface area contributed by atoms with Crippen LogP contribution in [-0.2, 0) is 17.6 Å². The lowest BCUT2D eigenvalue weighted by molar-refractivity contribution is -0.114. The van der Waals surface area contributed by atoms with Gasteiger partial charge >= 0.3 is 0 Å². The molecule has 0 radical (unpaired) electrons. The Bertz CT molecular complexity index is 1380. The summed E-state index contributed by atoms with van der Waals surface area (Å²) in [5, 5.41) is 2.93. The number of carbonyl (C=O) groups excluding carboxylic acids is 2. The van der Waals surface area contributed by atoms with Gasteiger partial charge in [-0.05, 0) is 73.8 Å². The van der Waals surface area contributed by atoms with Crippen LogP contribution < -0.4 is 5.32 Å². The maximum absolute atomic E-state index is 12.8. The maximum Gasteiger partial charge on any atom is 0.255 e. The molecule has 0 aliphatic rings. The van der Waals surface area contributed by atoms with Gasteiger partial charge in [-0.25, -0.2) is 9.97 Å². The van der Waals surface area contributed by atoms with Gasteiger partial charge in [0.25, 0.3) is 5.91 Å². The van der Waals surface area contributed by atoms with Gasteiger partial charge in [-0.2, -0.15) is 0 Å². The van der Waals surface area contributed by atoms with Gasteiger partial charge < -0.3 is 10.2 Å². The molecule has 4 rings (SSSR count). The summed E-state index contributed by atoms with van der Waals surface area (Å²) in [4.78, 5) is 40.2. The topological polar surface area (TPSA) is 88.1 Å². The molecule has 0 saturated carbocycles. The van der Waals surface area contributed by atoms with Crippen LogP contribution in [0.1, 0.15) is 27.3 Å². The Morgan fingerprint density at radius 2 is 1.78 bits per heavy atom. The first kappa shape index (κ1) is 25.6. The van der Waals surface area contributed by atoms with Crippen molar-refractivity contribution in [3.63, 3.8) is 0 Å². The number of aromatic nitrogens is 3. The number of rotatable bonds is 10. The number of nitrogens with one attached hydrogen (secondary N) is 1. The first-order valence-corrected chi connectivity index (χ1v) is 12.0. The van der Waals surface area contributed by atoms with Crippen LogP contribution in [0.25, 0.3) is 11.3 Å². The van der Waals surface area contributed by atoms with Crippen molar-refractivity contribution in [3.8, 4) is 11.3 Å². The van der Waals surface area contributed by atoms with E-state index in [9.17, 15) is 9.59 Å². The normalized spacial score (nSPS) is 11.1. The zero-order valence-electron chi connectivity index (χ0n) is 21.0. The van der Waals surface area contributed by atoms with Crippen molar-refractivity contribution in [3.05, 3.63) is 120 Å². The van der Waals surface area contributed by atoms with Gasteiger partial charge in [-0.15, -0.1) is 0 Å². The Morgan fingerprint density at radius 3 is 2.54 bits per heavy atom. The van der Waals surface area contributed by atoms with Crippen molar-refractivity contribution < 1.29 is 9.59 Å². The Labute approximate surface area is 216 Å². The number of anilines is 1. The van der Waals surface area contributed by atoms with Gasteiger partial charge in [-0.1, -0.05) is 30.3 Å². The second-order valence-electron chi connectivity index (χ2n) is 8.94. The molecule has 4 aromatic rings. The number of ketones is 1. The van der Waals surface area contributed by atoms with Crippen LogP contribution in [0.5, 0.6) is 0 Å². The van der Waals surface area contributed by atoms with Gasteiger partial charge in [-0.3, -0.25) is 14.6 Å². The Morgan fingerprint density at radius 1 is 0.946 bits per heavy atom. The van der Waals surface area contributed by atoms with Gasteiger partial charge in [0.05, 0.1) is 5.69 Å². The summed E-state index contributed by atoms with van der Waals surface area (Å²) in [6, 6.07) is 20.5. The smallest absolute Gasteiger partial charge is 0.255 e. The molecule has 0 aliphatic carbocycles. The van der Waals surface area contributed by atoms with E-state index < -0.39 is 0 Å². The van der Waals surface area contributed by atoms with Gasteiger partial charge in [0, 0.05) is 54.8 Å². The third-order valence-electron chi connectivity index (χ3n) is 5.58. The fraction of sp³-hybridized carbons (Fsp3) is 0.167. The van der Waals surface area contributed by atoms with Gasteiger partial charge in [0.2, 0.25) is 0 Å². The van der Waals surface area contributed by atoms with Crippen LogP contribution in [0.3, 0.4) is 0 Å². The van der Waals surface area contributed by atoms with E-state index in [1.54, 1.807) is 42.9 Å². The minimum Gasteiger partial charge on any atom is -0.322 e. The van der Waals surface area contributed by atoms with Crippen molar-refractivity contribution in [1.29, 1.82) is 0 Å². The molecule has 2 aromatic carbocycles. The molecule has 0 bridgehead atoms. The van der Waals surface area contributed by atoms with Crippen molar-refractivity contribution >= 4 is 17.4 Å². The fourth-order valence-electron chi connectivity index (χ4n) is 3.73. The number of hydrogen-bond donors (Lipinski definition) is 1. The summed E-state index contributed by atoms with van der Waals surface area (Å²) in [6.07, 6.45) is 9.52. The number of hydrogen-bond acceptors (Lipinski definition) is 6. The third kappa shape index (κ3) is 7.75. The molecule has 37 heavy (non-hydrogen) atoms. The highest BCUT2D eigenvalue weighted by Crippen LogP contribution is 2.17. The van der Waals surface area contributed by atoms with Crippen LogP contribution in [0.4, 0.5) is 5.69 Å². The molecular formula is C30H29N5O2. The summed E-state index contributed by atoms with van der Waals surface area (Å²) in [5.74, 6) is 0.490. The Hall–Kier alpha value is -4.49. The molecule has 186 valence electrons. The second kappa shape index (κ2) is 12.5. The summed E-state index contributed by atoms with van der Waals surface area (Å²) >= 11 is 0. The Balaban J connectivity index is 1.35. The van der Waals surface area contributed by atoms with Crippen LogP contribution in [0.15, 0.2) is 97.5 Å². The number of allylic oxidation sites excluding steroid dienone is 1. The van der Waals surface area contributed by atoms with Crippen molar-refractivity contribution in [2.45, 2.75) is 12.8 Å². The first-order valence-electron chi connectivity index (χ1n) is 12.0. The maximum atomic E-state index is 12.8. The molecular weight excluding hydrogens is 462 g/mol. The lowest BCUT2D eigenvalue weighted by Crippen LogP contribution is -2.13. The zero-order chi connectivity index (χ0) is 26.0. The zero-order valence-corrected chi connectivity index (χ0v) is 21.0. The van der Waals surface area contributed by atoms with E-state index >= 15 is 0 Å². The highest BCUT2D eigenvalue weighted by atomic mass is 16.1. The van der Waals surface area contributed by atoms with Crippen LogP contribution in [0.2, 0.25) is 0 Å². The molecule has 0 saturated heterocycles. The lowest BCUT2D eigenvalue weighted by atomic mass is 10.0. The van der Waals surface area contributed by atoms with E-state index in [-0.39, 0.29) is 18.1 Å². The number of amides is 1. The van der Waals surface area contributed by atoms with E-state index in [1.807, 2.05) is 73.6 Å². The van der Waals surface area contributed by atoms with Crippen molar-refractivity contribution in [1.82, 2.24) is 19.9 Å². The van der Waals surface area contributed by atoms with E-state index in [0.717, 1.165) is 22.4 Å². The highest BCUT2D eigenvalue weighted by molar-refractivity contribution is 6.04.